The van der Waals surface area contributed by atoms with E-state index in [0.29, 0.717) is 5.56 Å². The molecule has 0 saturated carbocycles. The van der Waals surface area contributed by atoms with Gasteiger partial charge in [-0.1, -0.05) is 88.9 Å². The molecule has 0 aliphatic carbocycles. The Morgan fingerprint density at radius 3 is 1.86 bits per heavy atom. The summed E-state index contributed by atoms with van der Waals surface area (Å²) in [4.78, 5) is 27.1. The SMILES string of the molecule is Cc1cccc(Cl)c1C(=O)P(=O)(C(=O)c1c(Cl)ccc(Cl)c1Cl)c1ccccc1. The maximum absolute atomic E-state index is 14.2. The van der Waals surface area contributed by atoms with Crippen LogP contribution in [0.3, 0.4) is 0 Å². The van der Waals surface area contributed by atoms with Crippen LogP contribution in [0.2, 0.25) is 20.1 Å². The Morgan fingerprint density at radius 2 is 1.24 bits per heavy atom. The van der Waals surface area contributed by atoms with Crippen molar-refractivity contribution in [2.45, 2.75) is 6.92 Å². The predicted molar refractivity (Wildman–Crippen MR) is 120 cm³/mol. The molecule has 0 aliphatic rings. The molecule has 29 heavy (non-hydrogen) atoms. The number of rotatable bonds is 5. The van der Waals surface area contributed by atoms with Crippen LogP contribution in [0, 0.1) is 6.92 Å². The second-order valence-corrected chi connectivity index (χ2v) is 10.4. The molecule has 0 amide bonds. The highest BCUT2D eigenvalue weighted by atomic mass is 35.5. The van der Waals surface area contributed by atoms with Crippen molar-refractivity contribution in [3.05, 3.63) is 97.4 Å². The van der Waals surface area contributed by atoms with Gasteiger partial charge in [0.05, 0.1) is 25.7 Å². The maximum Gasteiger partial charge on any atom is 0.248 e. The van der Waals surface area contributed by atoms with Gasteiger partial charge in [0.1, 0.15) is 0 Å². The quantitative estimate of drug-likeness (QED) is 0.282. The van der Waals surface area contributed by atoms with E-state index < -0.39 is 18.2 Å². The molecule has 0 bridgehead atoms. The van der Waals surface area contributed by atoms with Gasteiger partial charge >= 0.3 is 0 Å². The first-order chi connectivity index (χ1) is 13.7. The Labute approximate surface area is 187 Å². The predicted octanol–water partition coefficient (Wildman–Crippen LogP) is 7.28. The van der Waals surface area contributed by atoms with Crippen LogP contribution in [0.4, 0.5) is 0 Å². The Kier molecular flexibility index (Phi) is 6.57. The van der Waals surface area contributed by atoms with Crippen LogP contribution >= 0.6 is 53.5 Å². The highest BCUT2D eigenvalue weighted by Gasteiger charge is 2.45. The van der Waals surface area contributed by atoms with Crippen LogP contribution in [0.5, 0.6) is 0 Å². The average molecular weight is 486 g/mol. The highest BCUT2D eigenvalue weighted by molar-refractivity contribution is 8.01. The van der Waals surface area contributed by atoms with Crippen LogP contribution in [0.1, 0.15) is 26.3 Å². The fraction of sp³-hybridized carbons (Fsp3) is 0.0476. The molecular formula is C21H13Cl4O3P. The Morgan fingerprint density at radius 1 is 0.690 bits per heavy atom. The molecule has 1 atom stereocenters. The zero-order valence-corrected chi connectivity index (χ0v) is 18.9. The van der Waals surface area contributed by atoms with E-state index in [1.165, 1.54) is 30.3 Å². The molecule has 3 aromatic rings. The van der Waals surface area contributed by atoms with E-state index in [0.717, 1.165) is 0 Å². The van der Waals surface area contributed by atoms with E-state index in [4.69, 9.17) is 46.4 Å². The monoisotopic (exact) mass is 484 g/mol. The maximum atomic E-state index is 14.2. The number of benzene rings is 3. The van der Waals surface area contributed by atoms with Gasteiger partial charge in [0.2, 0.25) is 18.2 Å². The van der Waals surface area contributed by atoms with Crippen molar-refractivity contribution >= 4 is 69.9 Å². The first-order valence-electron chi connectivity index (χ1n) is 8.33. The molecule has 148 valence electrons. The van der Waals surface area contributed by atoms with Crippen LogP contribution in [0.15, 0.2) is 60.7 Å². The second kappa shape index (κ2) is 8.63. The minimum absolute atomic E-state index is 0.0176. The summed E-state index contributed by atoms with van der Waals surface area (Å²) in [7, 11) is -4.41. The summed E-state index contributed by atoms with van der Waals surface area (Å²) in [6.45, 7) is 1.65. The number of halogens is 4. The summed E-state index contributed by atoms with van der Waals surface area (Å²) < 4.78 is 14.2. The zero-order valence-electron chi connectivity index (χ0n) is 15.0. The van der Waals surface area contributed by atoms with Crippen LogP contribution < -0.4 is 5.30 Å². The van der Waals surface area contributed by atoms with Gasteiger partial charge in [0.25, 0.3) is 0 Å². The third-order valence-electron chi connectivity index (χ3n) is 4.39. The molecule has 3 rings (SSSR count). The number of hydrogen-bond acceptors (Lipinski definition) is 3. The van der Waals surface area contributed by atoms with E-state index in [1.807, 2.05) is 0 Å². The second-order valence-electron chi connectivity index (χ2n) is 6.21. The van der Waals surface area contributed by atoms with Gasteiger partial charge < -0.3 is 4.57 Å². The lowest BCUT2D eigenvalue weighted by Crippen LogP contribution is -2.22. The first-order valence-corrected chi connectivity index (χ1v) is 11.6. The van der Waals surface area contributed by atoms with Gasteiger partial charge in [-0.2, -0.15) is 0 Å². The Balaban J connectivity index is 2.33. The summed E-state index contributed by atoms with van der Waals surface area (Å²) in [5.41, 5.74) is -1.63. The fourth-order valence-corrected chi connectivity index (χ4v) is 6.51. The molecule has 0 N–H and O–H groups in total. The Bertz CT molecular complexity index is 1160. The summed E-state index contributed by atoms with van der Waals surface area (Å²) in [6, 6.07) is 15.4. The third-order valence-corrected chi connectivity index (χ3v) is 8.44. The van der Waals surface area contributed by atoms with Gasteiger partial charge in [-0.3, -0.25) is 9.59 Å². The molecule has 0 heterocycles. The van der Waals surface area contributed by atoms with E-state index in [9.17, 15) is 14.2 Å². The number of carbonyl (C=O) groups excluding carboxylic acids is 2. The van der Waals surface area contributed by atoms with Gasteiger partial charge in [-0.25, -0.2) is 0 Å². The smallest absolute Gasteiger partial charge is 0.248 e. The molecule has 0 aliphatic heterocycles. The lowest BCUT2D eigenvalue weighted by molar-refractivity contribution is 0.104. The molecule has 1 unspecified atom stereocenters. The normalized spacial score (nSPS) is 13.0. The number of carbonyl (C=O) groups is 2. The van der Waals surface area contributed by atoms with Gasteiger partial charge in [-0.15, -0.1) is 0 Å². The minimum atomic E-state index is -4.41. The van der Waals surface area contributed by atoms with E-state index >= 15 is 0 Å². The van der Waals surface area contributed by atoms with E-state index in [2.05, 4.69) is 0 Å². The summed E-state index contributed by atoms with van der Waals surface area (Å²) in [5, 5.41) is -0.00249. The molecular weight excluding hydrogens is 473 g/mol. The largest absolute Gasteiger partial charge is 0.302 e. The first kappa shape index (κ1) is 22.1. The summed E-state index contributed by atoms with van der Waals surface area (Å²) in [5.74, 6) is 0. The van der Waals surface area contributed by atoms with Crippen molar-refractivity contribution in [2.75, 3.05) is 0 Å². The molecule has 0 radical (unpaired) electrons. The summed E-state index contributed by atoms with van der Waals surface area (Å²) in [6.07, 6.45) is 0. The zero-order chi connectivity index (χ0) is 21.3. The number of aryl methyl sites for hydroxylation is 1. The van der Waals surface area contributed by atoms with Gasteiger partial charge in [0.15, 0.2) is 0 Å². The molecule has 0 spiro atoms. The summed E-state index contributed by atoms with van der Waals surface area (Å²) >= 11 is 24.6. The molecule has 3 aromatic carbocycles. The van der Waals surface area contributed by atoms with Gasteiger partial charge in [0, 0.05) is 10.9 Å². The van der Waals surface area contributed by atoms with Crippen molar-refractivity contribution in [1.29, 1.82) is 0 Å². The molecule has 0 fully saturated rings. The Hall–Kier alpha value is -1.61. The van der Waals surface area contributed by atoms with Crippen LogP contribution in [-0.4, -0.2) is 11.0 Å². The number of hydrogen-bond donors (Lipinski definition) is 0. The van der Waals surface area contributed by atoms with E-state index in [1.54, 1.807) is 37.3 Å². The molecule has 8 heteroatoms. The molecule has 3 nitrogen and oxygen atoms in total. The standard InChI is InChI=1S/C21H13Cl4O3P/c1-12-6-5-9-14(22)17(12)20(26)29(28,13-7-3-2-4-8-13)21(27)18-15(23)10-11-16(24)19(18)25/h2-11H,1H3. The van der Waals surface area contributed by atoms with Crippen molar-refractivity contribution < 1.29 is 14.2 Å². The fourth-order valence-electron chi connectivity index (χ4n) is 2.91. The van der Waals surface area contributed by atoms with E-state index in [-0.39, 0.29) is 36.5 Å². The van der Waals surface area contributed by atoms with Crippen LogP contribution in [-0.2, 0) is 4.57 Å². The van der Waals surface area contributed by atoms with Crippen molar-refractivity contribution in [1.82, 2.24) is 0 Å². The van der Waals surface area contributed by atoms with Crippen LogP contribution in [0.25, 0.3) is 0 Å². The minimum Gasteiger partial charge on any atom is -0.302 e. The molecule has 0 saturated heterocycles. The lowest BCUT2D eigenvalue weighted by atomic mass is 10.1. The average Bonchev–Trinajstić information content (AvgIpc) is 2.70. The topological polar surface area (TPSA) is 51.2 Å². The van der Waals surface area contributed by atoms with Crippen molar-refractivity contribution in [2.24, 2.45) is 0 Å². The molecule has 0 aromatic heterocycles. The van der Waals surface area contributed by atoms with Gasteiger partial charge in [-0.05, 0) is 30.7 Å². The lowest BCUT2D eigenvalue weighted by Gasteiger charge is -2.19. The van der Waals surface area contributed by atoms with Crippen molar-refractivity contribution in [3.63, 3.8) is 0 Å². The highest BCUT2D eigenvalue weighted by Crippen LogP contribution is 2.54. The third kappa shape index (κ3) is 3.91. The van der Waals surface area contributed by atoms with Crippen molar-refractivity contribution in [3.8, 4) is 0 Å².